The minimum absolute atomic E-state index is 0.263. The monoisotopic (exact) mass is 447 g/mol. The molecule has 0 radical (unpaired) electrons. The molecule has 1 unspecified atom stereocenters. The van der Waals surface area contributed by atoms with Gasteiger partial charge in [0, 0.05) is 13.1 Å². The summed E-state index contributed by atoms with van der Waals surface area (Å²) in [5.74, 6) is -0.523. The number of esters is 1. The molecule has 30 heavy (non-hydrogen) atoms. The average molecular weight is 448 g/mol. The molecule has 2 aromatic heterocycles. The van der Waals surface area contributed by atoms with Gasteiger partial charge in [-0.25, -0.2) is 13.4 Å². The van der Waals surface area contributed by atoms with Crippen LogP contribution in [0.5, 0.6) is 0 Å². The van der Waals surface area contributed by atoms with Crippen LogP contribution in [0.1, 0.15) is 31.7 Å². The number of aromatic amines is 1. The topological polar surface area (TPSA) is 109 Å². The normalized spacial score (nSPS) is 17.1. The number of nitrogens with zero attached hydrogens (tertiary/aromatic N) is 2. The van der Waals surface area contributed by atoms with E-state index < -0.39 is 28.0 Å². The Hall–Kier alpha value is -2.56. The number of sulfonamides is 1. The molecule has 1 atom stereocenters. The SMILES string of the molecule is CC(OC(=O)C1CCN(S(=O)(=O)c2cccs2)CC1)c1nc2ccccc2c(=O)[nH]1. The van der Waals surface area contributed by atoms with Gasteiger partial charge in [-0.05, 0) is 43.3 Å². The first-order valence-corrected chi connectivity index (χ1v) is 11.9. The number of para-hydroxylation sites is 1. The van der Waals surface area contributed by atoms with Gasteiger partial charge < -0.3 is 9.72 Å². The Bertz CT molecular complexity index is 1210. The predicted molar refractivity (Wildman–Crippen MR) is 113 cm³/mol. The Morgan fingerprint density at radius 1 is 1.23 bits per heavy atom. The molecule has 158 valence electrons. The van der Waals surface area contributed by atoms with Crippen LogP contribution in [0.2, 0.25) is 0 Å². The van der Waals surface area contributed by atoms with Gasteiger partial charge in [-0.3, -0.25) is 9.59 Å². The highest BCUT2D eigenvalue weighted by Crippen LogP contribution is 2.28. The van der Waals surface area contributed by atoms with E-state index in [1.807, 2.05) is 0 Å². The molecule has 3 heterocycles. The van der Waals surface area contributed by atoms with Crippen molar-refractivity contribution in [1.29, 1.82) is 0 Å². The lowest BCUT2D eigenvalue weighted by atomic mass is 9.98. The van der Waals surface area contributed by atoms with Gasteiger partial charge >= 0.3 is 5.97 Å². The molecular formula is C20H21N3O5S2. The number of hydrogen-bond donors (Lipinski definition) is 1. The second-order valence-electron chi connectivity index (χ2n) is 7.16. The van der Waals surface area contributed by atoms with Crippen molar-refractivity contribution in [3.63, 3.8) is 0 Å². The highest BCUT2D eigenvalue weighted by molar-refractivity contribution is 7.91. The van der Waals surface area contributed by atoms with Crippen LogP contribution in [0.3, 0.4) is 0 Å². The number of fused-ring (bicyclic) bond motifs is 1. The number of ether oxygens (including phenoxy) is 1. The van der Waals surface area contributed by atoms with Crippen molar-refractivity contribution in [2.24, 2.45) is 5.92 Å². The van der Waals surface area contributed by atoms with Crippen molar-refractivity contribution >= 4 is 38.2 Å². The number of aromatic nitrogens is 2. The van der Waals surface area contributed by atoms with Crippen molar-refractivity contribution in [3.05, 3.63) is 58.0 Å². The molecule has 3 aromatic rings. The van der Waals surface area contributed by atoms with Gasteiger partial charge in [-0.15, -0.1) is 11.3 Å². The van der Waals surface area contributed by atoms with Gasteiger partial charge in [0.15, 0.2) is 11.9 Å². The number of carbonyl (C=O) groups is 1. The minimum atomic E-state index is -3.51. The molecule has 8 nitrogen and oxygen atoms in total. The van der Waals surface area contributed by atoms with E-state index in [2.05, 4.69) is 9.97 Å². The highest BCUT2D eigenvalue weighted by atomic mass is 32.2. The van der Waals surface area contributed by atoms with Crippen LogP contribution >= 0.6 is 11.3 Å². The number of benzene rings is 1. The summed E-state index contributed by atoms with van der Waals surface area (Å²) < 4.78 is 32.5. The van der Waals surface area contributed by atoms with E-state index in [-0.39, 0.29) is 24.5 Å². The number of piperidine rings is 1. The highest BCUT2D eigenvalue weighted by Gasteiger charge is 2.34. The Kier molecular flexibility index (Phi) is 5.72. The summed E-state index contributed by atoms with van der Waals surface area (Å²) in [5, 5.41) is 2.20. The Morgan fingerprint density at radius 2 is 1.97 bits per heavy atom. The summed E-state index contributed by atoms with van der Waals surface area (Å²) in [7, 11) is -3.51. The van der Waals surface area contributed by atoms with Crippen molar-refractivity contribution in [1.82, 2.24) is 14.3 Å². The fourth-order valence-corrected chi connectivity index (χ4v) is 6.11. The van der Waals surface area contributed by atoms with E-state index in [0.717, 1.165) is 0 Å². The van der Waals surface area contributed by atoms with Crippen LogP contribution in [0.4, 0.5) is 0 Å². The third kappa shape index (κ3) is 4.03. The fraction of sp³-hybridized carbons (Fsp3) is 0.350. The third-order valence-corrected chi connectivity index (χ3v) is 8.46. The molecule has 0 amide bonds. The summed E-state index contributed by atoms with van der Waals surface area (Å²) in [6.45, 7) is 2.18. The predicted octanol–water partition coefficient (Wildman–Crippen LogP) is 2.69. The molecule has 10 heteroatoms. The number of thiophene rings is 1. The zero-order valence-electron chi connectivity index (χ0n) is 16.3. The maximum absolute atomic E-state index is 12.6. The van der Waals surface area contributed by atoms with Crippen LogP contribution < -0.4 is 5.56 Å². The third-order valence-electron chi connectivity index (χ3n) is 5.19. The van der Waals surface area contributed by atoms with Gasteiger partial charge in [0.05, 0.1) is 16.8 Å². The van der Waals surface area contributed by atoms with Crippen LogP contribution in [-0.4, -0.2) is 41.7 Å². The second-order valence-corrected chi connectivity index (χ2v) is 10.3. The number of hydrogen-bond acceptors (Lipinski definition) is 7. The molecular weight excluding hydrogens is 426 g/mol. The standard InChI is InChI=1S/C20H21N3O5S2/c1-13(18-21-16-6-3-2-5-15(16)19(24)22-18)28-20(25)14-8-10-23(11-9-14)30(26,27)17-7-4-12-29-17/h2-7,12-14H,8-11H2,1H3,(H,21,22,24). The van der Waals surface area contributed by atoms with E-state index in [4.69, 9.17) is 4.74 Å². The summed E-state index contributed by atoms with van der Waals surface area (Å²) in [6, 6.07) is 10.2. The summed E-state index contributed by atoms with van der Waals surface area (Å²) in [6.07, 6.45) is 0.0537. The van der Waals surface area contributed by atoms with E-state index in [9.17, 15) is 18.0 Å². The zero-order chi connectivity index (χ0) is 21.3. The number of H-pyrrole nitrogens is 1. The summed E-state index contributed by atoms with van der Waals surface area (Å²) >= 11 is 1.18. The fourth-order valence-electron chi connectivity index (χ4n) is 3.49. The molecule has 0 spiro atoms. The van der Waals surface area contributed by atoms with Crippen LogP contribution in [0, 0.1) is 5.92 Å². The molecule has 1 fully saturated rings. The first-order chi connectivity index (χ1) is 14.4. The molecule has 1 N–H and O–H groups in total. The van der Waals surface area contributed by atoms with E-state index in [1.54, 1.807) is 48.7 Å². The van der Waals surface area contributed by atoms with Crippen molar-refractivity contribution in [2.75, 3.05) is 13.1 Å². The maximum Gasteiger partial charge on any atom is 0.309 e. The summed E-state index contributed by atoms with van der Waals surface area (Å²) in [5.41, 5.74) is 0.247. The molecule has 0 aliphatic carbocycles. The van der Waals surface area contributed by atoms with Crippen LogP contribution in [0.15, 0.2) is 50.8 Å². The Morgan fingerprint density at radius 3 is 2.67 bits per heavy atom. The first kappa shape index (κ1) is 20.7. The Balaban J connectivity index is 1.40. The lowest BCUT2D eigenvalue weighted by molar-refractivity contribution is -0.155. The van der Waals surface area contributed by atoms with Crippen molar-refractivity contribution in [2.45, 2.75) is 30.1 Å². The number of carbonyl (C=O) groups excluding carboxylic acids is 1. The van der Waals surface area contributed by atoms with Gasteiger partial charge in [-0.1, -0.05) is 18.2 Å². The molecule has 1 aliphatic heterocycles. The van der Waals surface area contributed by atoms with E-state index >= 15 is 0 Å². The molecule has 0 saturated carbocycles. The van der Waals surface area contributed by atoms with Crippen molar-refractivity contribution < 1.29 is 17.9 Å². The van der Waals surface area contributed by atoms with Crippen LogP contribution in [-0.2, 0) is 19.6 Å². The number of rotatable bonds is 5. The smallest absolute Gasteiger partial charge is 0.309 e. The number of nitrogens with one attached hydrogen (secondary N) is 1. The van der Waals surface area contributed by atoms with Crippen LogP contribution in [0.25, 0.3) is 10.9 Å². The maximum atomic E-state index is 12.6. The van der Waals surface area contributed by atoms with E-state index in [1.165, 1.54) is 15.6 Å². The molecule has 1 aliphatic rings. The Labute approximate surface area is 177 Å². The quantitative estimate of drug-likeness (QED) is 0.602. The lowest BCUT2D eigenvalue weighted by Crippen LogP contribution is -2.40. The molecule has 4 rings (SSSR count). The average Bonchev–Trinajstić information content (AvgIpc) is 3.29. The minimum Gasteiger partial charge on any atom is -0.454 e. The molecule has 0 bridgehead atoms. The lowest BCUT2D eigenvalue weighted by Gasteiger charge is -2.30. The second kappa shape index (κ2) is 8.29. The van der Waals surface area contributed by atoms with Gasteiger partial charge in [0.1, 0.15) is 4.21 Å². The first-order valence-electron chi connectivity index (χ1n) is 9.59. The zero-order valence-corrected chi connectivity index (χ0v) is 17.9. The van der Waals surface area contributed by atoms with Gasteiger partial charge in [0.2, 0.25) is 0 Å². The molecule has 1 aromatic carbocycles. The summed E-state index contributed by atoms with van der Waals surface area (Å²) in [4.78, 5) is 31.9. The largest absolute Gasteiger partial charge is 0.454 e. The molecule has 1 saturated heterocycles. The van der Waals surface area contributed by atoms with Crippen molar-refractivity contribution in [3.8, 4) is 0 Å². The van der Waals surface area contributed by atoms with Gasteiger partial charge in [0.25, 0.3) is 15.6 Å². The van der Waals surface area contributed by atoms with E-state index in [0.29, 0.717) is 28.0 Å². The van der Waals surface area contributed by atoms with Gasteiger partial charge in [-0.2, -0.15) is 4.31 Å².